The average Bonchev–Trinajstić information content (AvgIpc) is 2.75. The molecule has 1 aliphatic rings. The molecule has 0 aromatic carbocycles. The molecule has 0 aromatic rings. The lowest BCUT2D eigenvalue weighted by atomic mass is 9.99. The quantitative estimate of drug-likeness (QED) is 0.800. The van der Waals surface area contributed by atoms with Crippen molar-refractivity contribution in [3.05, 3.63) is 0 Å². The Labute approximate surface area is 120 Å². The smallest absolute Gasteiger partial charge is 0.320 e. The highest BCUT2D eigenvalue weighted by Gasteiger charge is 2.38. The van der Waals surface area contributed by atoms with Gasteiger partial charge in [-0.25, -0.2) is 4.79 Å². The van der Waals surface area contributed by atoms with E-state index in [4.69, 9.17) is 9.84 Å². The van der Waals surface area contributed by atoms with Crippen LogP contribution in [-0.2, 0) is 9.53 Å². The van der Waals surface area contributed by atoms with Crippen LogP contribution in [0.25, 0.3) is 0 Å². The van der Waals surface area contributed by atoms with Crippen LogP contribution in [0.1, 0.15) is 20.8 Å². The summed E-state index contributed by atoms with van der Waals surface area (Å²) in [6.07, 6.45) is 0. The molecule has 20 heavy (non-hydrogen) atoms. The topological polar surface area (TPSA) is 70.1 Å². The summed E-state index contributed by atoms with van der Waals surface area (Å²) in [5.41, 5.74) is 0. The van der Waals surface area contributed by atoms with Crippen molar-refractivity contribution in [2.24, 2.45) is 17.8 Å². The van der Waals surface area contributed by atoms with Gasteiger partial charge in [0.15, 0.2) is 0 Å². The van der Waals surface area contributed by atoms with Crippen LogP contribution in [0.5, 0.6) is 0 Å². The number of aliphatic carboxylic acids is 1. The molecule has 1 fully saturated rings. The summed E-state index contributed by atoms with van der Waals surface area (Å²) in [6.45, 7) is 8.49. The summed E-state index contributed by atoms with van der Waals surface area (Å²) in [7, 11) is 1.61. The van der Waals surface area contributed by atoms with E-state index in [1.165, 1.54) is 0 Å². The van der Waals surface area contributed by atoms with Crippen LogP contribution in [0.2, 0.25) is 0 Å². The van der Waals surface area contributed by atoms with Crippen molar-refractivity contribution in [1.82, 2.24) is 9.80 Å². The lowest BCUT2D eigenvalue weighted by molar-refractivity contribution is -0.142. The fourth-order valence-electron chi connectivity index (χ4n) is 2.55. The minimum atomic E-state index is -0.819. The molecular weight excluding hydrogens is 260 g/mol. The summed E-state index contributed by atoms with van der Waals surface area (Å²) in [5, 5.41) is 9.14. The van der Waals surface area contributed by atoms with Gasteiger partial charge in [0.05, 0.1) is 12.5 Å². The number of urea groups is 1. The molecule has 1 aliphatic heterocycles. The molecule has 1 saturated heterocycles. The molecule has 0 aliphatic carbocycles. The van der Waals surface area contributed by atoms with Crippen molar-refractivity contribution >= 4 is 12.0 Å². The third-order valence-corrected chi connectivity index (χ3v) is 3.62. The zero-order valence-corrected chi connectivity index (χ0v) is 12.8. The third kappa shape index (κ3) is 4.37. The van der Waals surface area contributed by atoms with Gasteiger partial charge in [-0.15, -0.1) is 0 Å². The van der Waals surface area contributed by atoms with Crippen LogP contribution in [0.15, 0.2) is 0 Å². The third-order valence-electron chi connectivity index (χ3n) is 3.62. The first-order chi connectivity index (χ1) is 9.36. The minimum absolute atomic E-state index is 0.000208. The van der Waals surface area contributed by atoms with Crippen molar-refractivity contribution in [3.63, 3.8) is 0 Å². The normalized spacial score (nSPS) is 22.4. The van der Waals surface area contributed by atoms with Gasteiger partial charge in [-0.1, -0.05) is 20.8 Å². The largest absolute Gasteiger partial charge is 0.481 e. The Morgan fingerprint density at radius 1 is 1.40 bits per heavy atom. The van der Waals surface area contributed by atoms with Gasteiger partial charge in [0.25, 0.3) is 0 Å². The second-order valence-corrected chi connectivity index (χ2v) is 5.94. The van der Waals surface area contributed by atoms with E-state index < -0.39 is 11.9 Å². The number of ether oxygens (including phenoxy) is 1. The monoisotopic (exact) mass is 286 g/mol. The van der Waals surface area contributed by atoms with Gasteiger partial charge in [-0.3, -0.25) is 4.79 Å². The van der Waals surface area contributed by atoms with E-state index in [9.17, 15) is 9.59 Å². The standard InChI is InChI=1S/C14H26N2O4/c1-10(2)7-15(5-6-20-4)14(19)16-8-11(3)12(9-16)13(17)18/h10-12H,5-9H2,1-4H3,(H,17,18)/t11-,12-/m1/s1. The minimum Gasteiger partial charge on any atom is -0.481 e. The molecule has 6 nitrogen and oxygen atoms in total. The first-order valence-corrected chi connectivity index (χ1v) is 7.12. The van der Waals surface area contributed by atoms with Crippen LogP contribution >= 0.6 is 0 Å². The van der Waals surface area contributed by atoms with Gasteiger partial charge in [0, 0.05) is 33.3 Å². The van der Waals surface area contributed by atoms with Crippen molar-refractivity contribution in [2.75, 3.05) is 39.9 Å². The maximum Gasteiger partial charge on any atom is 0.320 e. The Hall–Kier alpha value is -1.30. The van der Waals surface area contributed by atoms with Crippen LogP contribution in [0, 0.1) is 17.8 Å². The SMILES string of the molecule is COCCN(CC(C)C)C(=O)N1C[C@@H](C)[C@H](C(=O)O)C1. The number of hydrogen-bond acceptors (Lipinski definition) is 3. The molecule has 2 atom stereocenters. The number of carboxylic acids is 1. The second-order valence-electron chi connectivity index (χ2n) is 5.94. The number of hydrogen-bond donors (Lipinski definition) is 1. The van der Waals surface area contributed by atoms with Crippen LogP contribution in [0.3, 0.4) is 0 Å². The molecule has 1 rings (SSSR count). The van der Waals surface area contributed by atoms with Crippen LogP contribution in [0.4, 0.5) is 4.79 Å². The number of likely N-dealkylation sites (tertiary alicyclic amines) is 1. The molecule has 1 N–H and O–H groups in total. The fraction of sp³-hybridized carbons (Fsp3) is 0.857. The first-order valence-electron chi connectivity index (χ1n) is 7.12. The van der Waals surface area contributed by atoms with Gasteiger partial charge >= 0.3 is 12.0 Å². The number of methoxy groups -OCH3 is 1. The average molecular weight is 286 g/mol. The molecule has 6 heteroatoms. The lowest BCUT2D eigenvalue weighted by Gasteiger charge is -2.29. The maximum atomic E-state index is 12.5. The molecule has 116 valence electrons. The summed E-state index contributed by atoms with van der Waals surface area (Å²) in [4.78, 5) is 27.0. The first kappa shape index (κ1) is 16.8. The Morgan fingerprint density at radius 3 is 2.50 bits per heavy atom. The molecule has 2 amide bonds. The fourth-order valence-corrected chi connectivity index (χ4v) is 2.55. The number of carbonyl (C=O) groups is 2. The molecule has 0 spiro atoms. The van der Waals surface area contributed by atoms with Crippen molar-refractivity contribution in [3.8, 4) is 0 Å². The van der Waals surface area contributed by atoms with Crippen LogP contribution < -0.4 is 0 Å². The van der Waals surface area contributed by atoms with E-state index in [0.29, 0.717) is 38.7 Å². The Morgan fingerprint density at radius 2 is 2.05 bits per heavy atom. The molecular formula is C14H26N2O4. The van der Waals surface area contributed by atoms with E-state index in [-0.39, 0.29) is 11.9 Å². The summed E-state index contributed by atoms with van der Waals surface area (Å²) in [5.74, 6) is -0.909. The molecule has 0 radical (unpaired) electrons. The highest BCUT2D eigenvalue weighted by molar-refractivity contribution is 5.77. The van der Waals surface area contributed by atoms with Gasteiger partial charge < -0.3 is 19.6 Å². The van der Waals surface area contributed by atoms with E-state index in [1.807, 2.05) is 6.92 Å². The number of rotatable bonds is 6. The van der Waals surface area contributed by atoms with Crippen molar-refractivity contribution in [1.29, 1.82) is 0 Å². The Kier molecular flexibility index (Phi) is 6.26. The molecule has 0 bridgehead atoms. The van der Waals surface area contributed by atoms with E-state index in [0.717, 1.165) is 0 Å². The predicted octanol–water partition coefficient (Wildman–Crippen LogP) is 1.36. The van der Waals surface area contributed by atoms with Crippen molar-refractivity contribution < 1.29 is 19.4 Å². The van der Waals surface area contributed by atoms with E-state index in [2.05, 4.69) is 13.8 Å². The number of carboxylic acid groups (broad SMARTS) is 1. The zero-order valence-electron chi connectivity index (χ0n) is 12.8. The number of carbonyl (C=O) groups excluding carboxylic acids is 1. The number of nitrogens with zero attached hydrogens (tertiary/aromatic N) is 2. The molecule has 1 heterocycles. The second kappa shape index (κ2) is 7.47. The summed E-state index contributed by atoms with van der Waals surface area (Å²) < 4.78 is 5.04. The highest BCUT2D eigenvalue weighted by Crippen LogP contribution is 2.24. The van der Waals surface area contributed by atoms with Gasteiger partial charge in [-0.05, 0) is 11.8 Å². The van der Waals surface area contributed by atoms with Gasteiger partial charge in [0.2, 0.25) is 0 Å². The summed E-state index contributed by atoms with van der Waals surface area (Å²) in [6, 6.07) is -0.0775. The molecule has 0 unspecified atom stereocenters. The predicted molar refractivity (Wildman–Crippen MR) is 75.5 cm³/mol. The van der Waals surface area contributed by atoms with Crippen molar-refractivity contribution in [2.45, 2.75) is 20.8 Å². The maximum absolute atomic E-state index is 12.5. The molecule has 0 saturated carbocycles. The summed E-state index contributed by atoms with van der Waals surface area (Å²) >= 11 is 0. The Balaban J connectivity index is 2.67. The molecule has 0 aromatic heterocycles. The zero-order chi connectivity index (χ0) is 15.3. The lowest BCUT2D eigenvalue weighted by Crippen LogP contribution is -2.45. The number of amides is 2. The van der Waals surface area contributed by atoms with Gasteiger partial charge in [-0.2, -0.15) is 0 Å². The van der Waals surface area contributed by atoms with Gasteiger partial charge in [0.1, 0.15) is 0 Å². The van der Waals surface area contributed by atoms with Crippen LogP contribution in [-0.4, -0.2) is 66.8 Å². The van der Waals surface area contributed by atoms with E-state index >= 15 is 0 Å². The van der Waals surface area contributed by atoms with E-state index in [1.54, 1.807) is 16.9 Å². The highest BCUT2D eigenvalue weighted by atomic mass is 16.5. The Bertz CT molecular complexity index is 346.